The Morgan fingerprint density at radius 3 is 2.84 bits per heavy atom. The molecule has 4 heterocycles. The lowest BCUT2D eigenvalue weighted by molar-refractivity contribution is -0.132. The van der Waals surface area contributed by atoms with Crippen LogP contribution < -0.4 is 0 Å². The molecule has 136 valence electrons. The van der Waals surface area contributed by atoms with Crippen LogP contribution in [0.2, 0.25) is 0 Å². The molecule has 5 heteroatoms. The van der Waals surface area contributed by atoms with Gasteiger partial charge in [0, 0.05) is 45.2 Å². The zero-order chi connectivity index (χ0) is 17.1. The van der Waals surface area contributed by atoms with E-state index in [0.29, 0.717) is 11.8 Å². The number of likely N-dealkylation sites (tertiary alicyclic amines) is 2. The number of hydrogen-bond acceptors (Lipinski definition) is 4. The van der Waals surface area contributed by atoms with Crippen molar-refractivity contribution in [2.24, 2.45) is 11.3 Å². The summed E-state index contributed by atoms with van der Waals surface area (Å²) in [5.41, 5.74) is 1.46. The van der Waals surface area contributed by atoms with Gasteiger partial charge in [-0.05, 0) is 55.2 Å². The molecule has 0 bridgehead atoms. The van der Waals surface area contributed by atoms with Crippen molar-refractivity contribution in [1.29, 1.82) is 0 Å². The van der Waals surface area contributed by atoms with Gasteiger partial charge in [0.2, 0.25) is 5.91 Å². The van der Waals surface area contributed by atoms with Gasteiger partial charge in [-0.25, -0.2) is 0 Å². The van der Waals surface area contributed by atoms with E-state index in [1.807, 2.05) is 12.1 Å². The van der Waals surface area contributed by atoms with Crippen LogP contribution in [-0.4, -0.2) is 66.6 Å². The molecule has 3 aliphatic heterocycles. The average molecular weight is 343 g/mol. The van der Waals surface area contributed by atoms with Gasteiger partial charge >= 0.3 is 0 Å². The molecule has 0 aliphatic carbocycles. The summed E-state index contributed by atoms with van der Waals surface area (Å²) in [5.74, 6) is 0.983. The zero-order valence-corrected chi connectivity index (χ0v) is 15.0. The first-order valence-electron chi connectivity index (χ1n) is 9.69. The first-order valence-corrected chi connectivity index (χ1v) is 9.69. The van der Waals surface area contributed by atoms with Gasteiger partial charge < -0.3 is 14.5 Å². The fourth-order valence-corrected chi connectivity index (χ4v) is 4.70. The Hall–Kier alpha value is -1.46. The maximum Gasteiger partial charge on any atom is 0.227 e. The van der Waals surface area contributed by atoms with Crippen LogP contribution in [0.3, 0.4) is 0 Å². The highest BCUT2D eigenvalue weighted by molar-refractivity contribution is 5.78. The first-order chi connectivity index (χ1) is 12.2. The smallest absolute Gasteiger partial charge is 0.227 e. The van der Waals surface area contributed by atoms with E-state index in [0.717, 1.165) is 50.6 Å². The van der Waals surface area contributed by atoms with E-state index < -0.39 is 0 Å². The van der Waals surface area contributed by atoms with Crippen molar-refractivity contribution in [3.8, 4) is 0 Å². The van der Waals surface area contributed by atoms with Crippen LogP contribution >= 0.6 is 0 Å². The maximum absolute atomic E-state index is 12.5. The van der Waals surface area contributed by atoms with Crippen LogP contribution in [-0.2, 0) is 16.0 Å². The molecular weight excluding hydrogens is 314 g/mol. The Labute approximate surface area is 150 Å². The Balaban J connectivity index is 1.26. The molecule has 3 fully saturated rings. The number of carbonyl (C=O) groups excluding carboxylic acids is 1. The number of nitrogens with zero attached hydrogens (tertiary/aromatic N) is 3. The van der Waals surface area contributed by atoms with E-state index in [2.05, 4.69) is 14.8 Å². The molecule has 1 aromatic rings. The number of carbonyl (C=O) groups is 1. The number of amides is 1. The van der Waals surface area contributed by atoms with Gasteiger partial charge in [-0.3, -0.25) is 9.78 Å². The third-order valence-corrected chi connectivity index (χ3v) is 6.31. The lowest BCUT2D eigenvalue weighted by Gasteiger charge is -2.39. The summed E-state index contributed by atoms with van der Waals surface area (Å²) in [4.78, 5) is 21.4. The molecule has 1 spiro atoms. The number of hydrogen-bond donors (Lipinski definition) is 0. The van der Waals surface area contributed by atoms with E-state index in [1.54, 1.807) is 12.4 Å². The Bertz CT molecular complexity index is 578. The fourth-order valence-electron chi connectivity index (χ4n) is 4.70. The van der Waals surface area contributed by atoms with Crippen molar-refractivity contribution in [2.45, 2.75) is 32.1 Å². The second kappa shape index (κ2) is 7.42. The van der Waals surface area contributed by atoms with Crippen LogP contribution in [0.1, 0.15) is 31.2 Å². The molecule has 0 saturated carbocycles. The molecular formula is C20H29N3O2. The van der Waals surface area contributed by atoms with Gasteiger partial charge in [0.15, 0.2) is 0 Å². The van der Waals surface area contributed by atoms with Crippen molar-refractivity contribution >= 4 is 5.91 Å². The predicted molar refractivity (Wildman–Crippen MR) is 96.2 cm³/mol. The zero-order valence-electron chi connectivity index (χ0n) is 15.0. The summed E-state index contributed by atoms with van der Waals surface area (Å²) >= 11 is 0. The molecule has 1 aromatic heterocycles. The Morgan fingerprint density at radius 2 is 2.12 bits per heavy atom. The normalized spacial score (nSPS) is 26.4. The molecule has 1 unspecified atom stereocenters. The molecule has 3 aliphatic rings. The highest BCUT2D eigenvalue weighted by Crippen LogP contribution is 2.40. The molecule has 1 atom stereocenters. The van der Waals surface area contributed by atoms with E-state index in [9.17, 15) is 4.79 Å². The fraction of sp³-hybridized carbons (Fsp3) is 0.700. The number of ether oxygens (including phenoxy) is 1. The number of piperidine rings is 1. The lowest BCUT2D eigenvalue weighted by atomic mass is 9.77. The minimum absolute atomic E-state index is 0.251. The standard InChI is InChI=1S/C20H29N3O2/c24-19(12-17-2-1-7-21-13-17)23-9-5-20(6-10-23)4-8-22(16-20)14-18-3-11-25-15-18/h1-2,7,13,18H,3-6,8-12,14-16H2. The minimum atomic E-state index is 0.251. The van der Waals surface area contributed by atoms with Gasteiger partial charge in [0.1, 0.15) is 0 Å². The second-order valence-electron chi connectivity index (χ2n) is 8.13. The van der Waals surface area contributed by atoms with Crippen molar-refractivity contribution in [3.63, 3.8) is 0 Å². The third kappa shape index (κ3) is 4.04. The summed E-state index contributed by atoms with van der Waals surface area (Å²) < 4.78 is 5.52. The minimum Gasteiger partial charge on any atom is -0.381 e. The third-order valence-electron chi connectivity index (χ3n) is 6.31. The van der Waals surface area contributed by atoms with Crippen LogP contribution in [0.25, 0.3) is 0 Å². The second-order valence-corrected chi connectivity index (χ2v) is 8.13. The topological polar surface area (TPSA) is 45.7 Å². The molecule has 4 rings (SSSR count). The molecule has 0 aromatic carbocycles. The summed E-state index contributed by atoms with van der Waals surface area (Å²) in [6, 6.07) is 3.88. The van der Waals surface area contributed by atoms with Gasteiger partial charge in [-0.15, -0.1) is 0 Å². The number of rotatable bonds is 4. The predicted octanol–water partition coefficient (Wildman–Crippen LogP) is 1.98. The van der Waals surface area contributed by atoms with Crippen molar-refractivity contribution in [3.05, 3.63) is 30.1 Å². The summed E-state index contributed by atoms with van der Waals surface area (Å²) in [6.07, 6.45) is 8.86. The van der Waals surface area contributed by atoms with E-state index in [4.69, 9.17) is 4.74 Å². The first kappa shape index (κ1) is 17.0. The highest BCUT2D eigenvalue weighted by atomic mass is 16.5. The average Bonchev–Trinajstić information content (AvgIpc) is 3.27. The van der Waals surface area contributed by atoms with Gasteiger partial charge in [-0.1, -0.05) is 6.07 Å². The highest BCUT2D eigenvalue weighted by Gasteiger charge is 2.41. The van der Waals surface area contributed by atoms with Crippen LogP contribution in [0, 0.1) is 11.3 Å². The van der Waals surface area contributed by atoms with Crippen LogP contribution in [0.5, 0.6) is 0 Å². The van der Waals surface area contributed by atoms with Crippen molar-refractivity contribution < 1.29 is 9.53 Å². The molecule has 25 heavy (non-hydrogen) atoms. The van der Waals surface area contributed by atoms with Gasteiger partial charge in [0.25, 0.3) is 0 Å². The summed E-state index contributed by atoms with van der Waals surface area (Å²) in [6.45, 7) is 7.36. The monoisotopic (exact) mass is 343 g/mol. The molecule has 3 saturated heterocycles. The largest absolute Gasteiger partial charge is 0.381 e. The van der Waals surface area contributed by atoms with E-state index in [1.165, 1.54) is 32.5 Å². The molecule has 0 radical (unpaired) electrons. The van der Waals surface area contributed by atoms with E-state index >= 15 is 0 Å². The summed E-state index contributed by atoms with van der Waals surface area (Å²) in [5, 5.41) is 0. The van der Waals surface area contributed by atoms with Gasteiger partial charge in [-0.2, -0.15) is 0 Å². The lowest BCUT2D eigenvalue weighted by Crippen LogP contribution is -2.45. The molecule has 0 N–H and O–H groups in total. The van der Waals surface area contributed by atoms with Gasteiger partial charge in [0.05, 0.1) is 13.0 Å². The van der Waals surface area contributed by atoms with E-state index in [-0.39, 0.29) is 5.91 Å². The van der Waals surface area contributed by atoms with Crippen LogP contribution in [0.4, 0.5) is 0 Å². The number of pyridine rings is 1. The Morgan fingerprint density at radius 1 is 1.28 bits per heavy atom. The SMILES string of the molecule is O=C(Cc1cccnc1)N1CCC2(CCN(CC3CCOC3)C2)CC1. The van der Waals surface area contributed by atoms with Crippen LogP contribution in [0.15, 0.2) is 24.5 Å². The van der Waals surface area contributed by atoms with Crippen molar-refractivity contribution in [1.82, 2.24) is 14.8 Å². The maximum atomic E-state index is 12.5. The molecule has 1 amide bonds. The summed E-state index contributed by atoms with van der Waals surface area (Å²) in [7, 11) is 0. The number of aromatic nitrogens is 1. The Kier molecular flexibility index (Phi) is 5.04. The van der Waals surface area contributed by atoms with Crippen molar-refractivity contribution in [2.75, 3.05) is 45.9 Å². The molecule has 5 nitrogen and oxygen atoms in total. The quantitative estimate of drug-likeness (QED) is 0.839.